The first-order valence-electron chi connectivity index (χ1n) is 4.77. The van der Waals surface area contributed by atoms with Crippen molar-refractivity contribution in [2.45, 2.75) is 38.5 Å². The molecule has 1 amide bonds. The first-order chi connectivity index (χ1) is 6.52. The molecular formula is C9H17F2NO2. The van der Waals surface area contributed by atoms with E-state index in [-0.39, 0.29) is 12.3 Å². The second-order valence-electron chi connectivity index (χ2n) is 3.25. The second-order valence-corrected chi connectivity index (χ2v) is 3.25. The fourth-order valence-corrected chi connectivity index (χ4v) is 0.908. The van der Waals surface area contributed by atoms with Gasteiger partial charge >= 0.3 is 0 Å². The minimum Gasteiger partial charge on any atom is -0.390 e. The highest BCUT2D eigenvalue weighted by Gasteiger charge is 2.27. The van der Waals surface area contributed by atoms with Crippen molar-refractivity contribution >= 4 is 5.91 Å². The fourth-order valence-electron chi connectivity index (χ4n) is 0.908. The fraction of sp³-hybridized carbons (Fsp3) is 0.889. The van der Waals surface area contributed by atoms with Crippen LogP contribution < -0.4 is 5.32 Å². The third-order valence-corrected chi connectivity index (χ3v) is 1.78. The molecule has 0 fully saturated rings. The number of rotatable bonds is 7. The number of alkyl halides is 2. The summed E-state index contributed by atoms with van der Waals surface area (Å²) in [5.41, 5.74) is 0. The van der Waals surface area contributed by atoms with Crippen LogP contribution in [-0.2, 0) is 4.79 Å². The highest BCUT2D eigenvalue weighted by atomic mass is 19.3. The lowest BCUT2D eigenvalue weighted by Crippen LogP contribution is -2.38. The van der Waals surface area contributed by atoms with E-state index in [9.17, 15) is 13.6 Å². The van der Waals surface area contributed by atoms with Gasteiger partial charge in [-0.2, -0.15) is 0 Å². The molecule has 0 aromatic carbocycles. The summed E-state index contributed by atoms with van der Waals surface area (Å²) in [5.74, 6) is -3.59. The molecule has 14 heavy (non-hydrogen) atoms. The predicted molar refractivity (Wildman–Crippen MR) is 49.2 cm³/mol. The molecule has 0 aliphatic rings. The maximum Gasteiger partial charge on any atom is 0.287 e. The van der Waals surface area contributed by atoms with Crippen molar-refractivity contribution in [3.8, 4) is 0 Å². The van der Waals surface area contributed by atoms with Crippen molar-refractivity contribution < 1.29 is 18.7 Å². The maximum atomic E-state index is 12.4. The Morgan fingerprint density at radius 3 is 2.57 bits per heavy atom. The van der Waals surface area contributed by atoms with Crippen LogP contribution in [0.15, 0.2) is 0 Å². The number of unbranched alkanes of at least 4 members (excludes halogenated alkanes) is 2. The zero-order valence-corrected chi connectivity index (χ0v) is 8.35. The van der Waals surface area contributed by atoms with Gasteiger partial charge in [0, 0.05) is 6.42 Å². The van der Waals surface area contributed by atoms with Crippen LogP contribution in [0.4, 0.5) is 8.78 Å². The normalized spacial score (nSPS) is 11.4. The highest BCUT2D eigenvalue weighted by Crippen LogP contribution is 2.09. The quantitative estimate of drug-likeness (QED) is 0.621. The molecule has 0 unspecified atom stereocenters. The molecular weight excluding hydrogens is 192 g/mol. The summed E-state index contributed by atoms with van der Waals surface area (Å²) in [6.07, 6.45) is 2.90. The van der Waals surface area contributed by atoms with Crippen molar-refractivity contribution in [2.24, 2.45) is 0 Å². The smallest absolute Gasteiger partial charge is 0.287 e. The van der Waals surface area contributed by atoms with Gasteiger partial charge in [0.1, 0.15) is 6.61 Å². The molecule has 0 rings (SSSR count). The lowest BCUT2D eigenvalue weighted by atomic mass is 10.2. The van der Waals surface area contributed by atoms with Crippen LogP contribution in [0.5, 0.6) is 0 Å². The lowest BCUT2D eigenvalue weighted by Gasteiger charge is -2.13. The van der Waals surface area contributed by atoms with Gasteiger partial charge in [0.15, 0.2) is 0 Å². The van der Waals surface area contributed by atoms with Crippen molar-refractivity contribution in [1.29, 1.82) is 0 Å². The number of halogens is 2. The van der Waals surface area contributed by atoms with E-state index in [1.54, 1.807) is 0 Å². The predicted octanol–water partition coefficient (Wildman–Crippen LogP) is 1.31. The zero-order valence-electron chi connectivity index (χ0n) is 8.35. The van der Waals surface area contributed by atoms with Crippen molar-refractivity contribution in [3.05, 3.63) is 0 Å². The third-order valence-electron chi connectivity index (χ3n) is 1.78. The topological polar surface area (TPSA) is 49.3 Å². The molecule has 0 bridgehead atoms. The number of aliphatic hydroxyl groups excluding tert-OH is 1. The molecule has 5 heteroatoms. The summed E-state index contributed by atoms with van der Waals surface area (Å²) >= 11 is 0. The monoisotopic (exact) mass is 209 g/mol. The third kappa shape index (κ3) is 6.77. The SMILES string of the molecule is CCCCCC(=O)NCC(F)(F)CO. The van der Waals surface area contributed by atoms with Crippen LogP contribution in [0.2, 0.25) is 0 Å². The lowest BCUT2D eigenvalue weighted by molar-refractivity contribution is -0.124. The Balaban J connectivity index is 3.53. The van der Waals surface area contributed by atoms with E-state index in [1.165, 1.54) is 0 Å². The molecule has 0 aliphatic heterocycles. The number of amides is 1. The zero-order chi connectivity index (χ0) is 11.0. The number of nitrogens with one attached hydrogen (secondary N) is 1. The van der Waals surface area contributed by atoms with E-state index in [0.29, 0.717) is 6.42 Å². The number of carbonyl (C=O) groups is 1. The van der Waals surface area contributed by atoms with E-state index in [1.807, 2.05) is 6.92 Å². The Morgan fingerprint density at radius 1 is 1.43 bits per heavy atom. The molecule has 0 aromatic heterocycles. The van der Waals surface area contributed by atoms with E-state index in [4.69, 9.17) is 5.11 Å². The number of carbonyl (C=O) groups excluding carboxylic acids is 1. The van der Waals surface area contributed by atoms with Crippen LogP contribution in [0, 0.1) is 0 Å². The van der Waals surface area contributed by atoms with Gasteiger partial charge < -0.3 is 10.4 Å². The summed E-state index contributed by atoms with van der Waals surface area (Å²) in [4.78, 5) is 11.0. The van der Waals surface area contributed by atoms with Gasteiger partial charge in [-0.15, -0.1) is 0 Å². The Morgan fingerprint density at radius 2 is 2.07 bits per heavy atom. The summed E-state index contributed by atoms with van der Waals surface area (Å²) in [6.45, 7) is -0.0193. The molecule has 0 saturated heterocycles. The van der Waals surface area contributed by atoms with Crippen LogP contribution in [0.1, 0.15) is 32.6 Å². The molecule has 0 spiro atoms. The molecule has 2 N–H and O–H groups in total. The van der Waals surface area contributed by atoms with Crippen LogP contribution in [-0.4, -0.2) is 30.1 Å². The van der Waals surface area contributed by atoms with Crippen molar-refractivity contribution in [3.63, 3.8) is 0 Å². The second kappa shape index (κ2) is 6.70. The Bertz CT molecular complexity index is 174. The molecule has 3 nitrogen and oxygen atoms in total. The Labute approximate surface area is 82.5 Å². The molecule has 0 heterocycles. The van der Waals surface area contributed by atoms with Gasteiger partial charge in [0.25, 0.3) is 5.92 Å². The van der Waals surface area contributed by atoms with Gasteiger partial charge in [-0.05, 0) is 6.42 Å². The first-order valence-corrected chi connectivity index (χ1v) is 4.77. The van der Waals surface area contributed by atoms with Crippen molar-refractivity contribution in [2.75, 3.05) is 13.2 Å². The minimum absolute atomic E-state index is 0.273. The number of hydrogen-bond donors (Lipinski definition) is 2. The highest BCUT2D eigenvalue weighted by molar-refractivity contribution is 5.75. The minimum atomic E-state index is -3.21. The Hall–Kier alpha value is -0.710. The van der Waals surface area contributed by atoms with Crippen molar-refractivity contribution in [1.82, 2.24) is 5.32 Å². The molecule has 0 atom stereocenters. The maximum absolute atomic E-state index is 12.4. The Kier molecular flexibility index (Phi) is 6.36. The average Bonchev–Trinajstić information content (AvgIpc) is 2.16. The van der Waals surface area contributed by atoms with E-state index in [0.717, 1.165) is 12.8 Å². The number of aliphatic hydroxyl groups is 1. The van der Waals surface area contributed by atoms with Gasteiger partial charge in [-0.3, -0.25) is 4.79 Å². The summed E-state index contributed by atoms with van der Waals surface area (Å²) < 4.78 is 24.9. The molecule has 0 radical (unpaired) electrons. The van der Waals surface area contributed by atoms with Crippen LogP contribution in [0.3, 0.4) is 0 Å². The van der Waals surface area contributed by atoms with Gasteiger partial charge in [-0.25, -0.2) is 8.78 Å². The van der Waals surface area contributed by atoms with Crippen LogP contribution in [0.25, 0.3) is 0 Å². The van der Waals surface area contributed by atoms with Gasteiger partial charge in [0.2, 0.25) is 5.91 Å². The molecule has 0 aromatic rings. The van der Waals surface area contributed by atoms with E-state index < -0.39 is 19.1 Å². The van der Waals surface area contributed by atoms with Crippen LogP contribution >= 0.6 is 0 Å². The molecule has 0 saturated carbocycles. The van der Waals surface area contributed by atoms with Gasteiger partial charge in [0.05, 0.1) is 6.54 Å². The summed E-state index contributed by atoms with van der Waals surface area (Å²) in [6, 6.07) is 0. The number of hydrogen-bond acceptors (Lipinski definition) is 2. The summed E-state index contributed by atoms with van der Waals surface area (Å²) in [7, 11) is 0. The largest absolute Gasteiger partial charge is 0.390 e. The summed E-state index contributed by atoms with van der Waals surface area (Å²) in [5, 5.41) is 10.3. The average molecular weight is 209 g/mol. The molecule has 84 valence electrons. The standard InChI is InChI=1S/C9H17F2NO2/c1-2-3-4-5-8(14)12-6-9(10,11)7-13/h13H,2-7H2,1H3,(H,12,14). The van der Waals surface area contributed by atoms with E-state index in [2.05, 4.69) is 5.32 Å². The van der Waals surface area contributed by atoms with Gasteiger partial charge in [-0.1, -0.05) is 19.8 Å². The van der Waals surface area contributed by atoms with E-state index >= 15 is 0 Å². The first kappa shape index (κ1) is 13.3. The molecule has 0 aliphatic carbocycles.